The van der Waals surface area contributed by atoms with Crippen LogP contribution in [0.3, 0.4) is 0 Å². The number of nitrogens with zero attached hydrogens (tertiary/aromatic N) is 5. The van der Waals surface area contributed by atoms with Crippen LogP contribution in [-0.4, -0.2) is 63.9 Å². The fourth-order valence-corrected chi connectivity index (χ4v) is 7.37. The van der Waals surface area contributed by atoms with Gasteiger partial charge in [-0.3, -0.25) is 9.58 Å². The van der Waals surface area contributed by atoms with Crippen molar-refractivity contribution in [2.75, 3.05) is 19.8 Å². The Labute approximate surface area is 217 Å². The lowest BCUT2D eigenvalue weighted by Crippen LogP contribution is -2.50. The van der Waals surface area contributed by atoms with Gasteiger partial charge in [0.25, 0.3) is 10.0 Å². The molecule has 1 atom stereocenters. The van der Waals surface area contributed by atoms with E-state index in [0.29, 0.717) is 23.6 Å². The van der Waals surface area contributed by atoms with Crippen molar-refractivity contribution in [3.63, 3.8) is 0 Å². The van der Waals surface area contributed by atoms with Crippen LogP contribution < -0.4 is 0 Å². The summed E-state index contributed by atoms with van der Waals surface area (Å²) in [6.07, 6.45) is 11.8. The third kappa shape index (κ3) is 4.49. The summed E-state index contributed by atoms with van der Waals surface area (Å²) in [6.45, 7) is 4.92. The lowest BCUT2D eigenvalue weighted by atomic mass is 9.81. The van der Waals surface area contributed by atoms with E-state index in [1.165, 1.54) is 9.54 Å². The van der Waals surface area contributed by atoms with E-state index in [-0.39, 0.29) is 4.90 Å². The van der Waals surface area contributed by atoms with Crippen LogP contribution in [0, 0.1) is 0 Å². The molecule has 4 aromatic rings. The van der Waals surface area contributed by atoms with Gasteiger partial charge in [-0.25, -0.2) is 17.4 Å². The second-order valence-electron chi connectivity index (χ2n) is 10.4. The van der Waals surface area contributed by atoms with E-state index in [0.717, 1.165) is 62.0 Å². The number of fused-ring (bicyclic) bond motifs is 1. The van der Waals surface area contributed by atoms with Gasteiger partial charge in [-0.2, -0.15) is 5.10 Å². The van der Waals surface area contributed by atoms with Gasteiger partial charge in [-0.1, -0.05) is 18.2 Å². The Morgan fingerprint density at radius 2 is 1.81 bits per heavy atom. The molecule has 0 spiro atoms. The summed E-state index contributed by atoms with van der Waals surface area (Å²) < 4.78 is 35.9. The zero-order valence-electron chi connectivity index (χ0n) is 21.3. The molecule has 3 aromatic heterocycles. The lowest BCUT2D eigenvalue weighted by molar-refractivity contribution is -0.0301. The molecule has 1 saturated heterocycles. The molecule has 1 aliphatic heterocycles. The standard InChI is InChI=1S/C28H33N5O3S/c1-20-19-36-13-12-32(20)24-10-8-21(9-11-24)22-14-26-27(23-16-30-31(2)17-23)18-33(28(26)29-15-22)37(34,35)25-6-4-3-5-7-25/h3-7,14-18,20-21,24H,8-13,19H2,1-2H3/t20-,21?,24?/m0/s1. The average Bonchev–Trinajstić information content (AvgIpc) is 3.53. The van der Waals surface area contributed by atoms with E-state index in [1.54, 1.807) is 41.3 Å². The number of hydrogen-bond donors (Lipinski definition) is 0. The highest BCUT2D eigenvalue weighted by atomic mass is 32.2. The minimum Gasteiger partial charge on any atom is -0.379 e. The Kier molecular flexibility index (Phi) is 6.38. The molecule has 1 saturated carbocycles. The first kappa shape index (κ1) is 24.3. The number of rotatable bonds is 5. The first-order valence-corrected chi connectivity index (χ1v) is 14.5. The molecule has 2 fully saturated rings. The van der Waals surface area contributed by atoms with E-state index in [2.05, 4.69) is 23.0 Å². The summed E-state index contributed by atoms with van der Waals surface area (Å²) in [6, 6.07) is 11.8. The number of ether oxygens (including phenoxy) is 1. The number of morpholine rings is 1. The quantitative estimate of drug-likeness (QED) is 0.388. The molecule has 0 unspecified atom stereocenters. The fraction of sp³-hybridized carbons (Fsp3) is 0.429. The van der Waals surface area contributed by atoms with Crippen molar-refractivity contribution in [1.82, 2.24) is 23.6 Å². The predicted octanol–water partition coefficient (Wildman–Crippen LogP) is 4.42. The van der Waals surface area contributed by atoms with Crippen molar-refractivity contribution < 1.29 is 13.2 Å². The van der Waals surface area contributed by atoms with Crippen LogP contribution in [-0.2, 0) is 21.8 Å². The molecular weight excluding hydrogens is 486 g/mol. The molecule has 8 nitrogen and oxygen atoms in total. The highest BCUT2D eigenvalue weighted by Gasteiger charge is 2.31. The van der Waals surface area contributed by atoms with Gasteiger partial charge in [0, 0.05) is 60.8 Å². The average molecular weight is 520 g/mol. The van der Waals surface area contributed by atoms with Gasteiger partial charge in [0.15, 0.2) is 5.65 Å². The number of hydrogen-bond acceptors (Lipinski definition) is 6. The van der Waals surface area contributed by atoms with Crippen LogP contribution in [0.1, 0.15) is 44.1 Å². The first-order chi connectivity index (χ1) is 17.9. The predicted molar refractivity (Wildman–Crippen MR) is 143 cm³/mol. The first-order valence-electron chi connectivity index (χ1n) is 13.1. The summed E-state index contributed by atoms with van der Waals surface area (Å²) in [7, 11) is -1.94. The molecule has 9 heteroatoms. The molecule has 6 rings (SSSR count). The number of aryl methyl sites for hydroxylation is 1. The van der Waals surface area contributed by atoms with Crippen LogP contribution in [0.25, 0.3) is 22.2 Å². The van der Waals surface area contributed by atoms with Crippen molar-refractivity contribution in [2.24, 2.45) is 7.05 Å². The third-order valence-corrected chi connectivity index (χ3v) is 9.67. The van der Waals surface area contributed by atoms with Crippen LogP contribution >= 0.6 is 0 Å². The van der Waals surface area contributed by atoms with Gasteiger partial charge in [0.2, 0.25) is 0 Å². The van der Waals surface area contributed by atoms with Crippen molar-refractivity contribution in [1.29, 1.82) is 0 Å². The maximum absolute atomic E-state index is 13.6. The molecule has 1 aromatic carbocycles. The second-order valence-corrected chi connectivity index (χ2v) is 12.2. The molecule has 2 aliphatic rings. The van der Waals surface area contributed by atoms with E-state index in [1.807, 2.05) is 25.5 Å². The van der Waals surface area contributed by atoms with Crippen molar-refractivity contribution in [2.45, 2.75) is 55.5 Å². The Balaban J connectivity index is 1.35. The third-order valence-electron chi connectivity index (χ3n) is 8.01. The van der Waals surface area contributed by atoms with Crippen molar-refractivity contribution >= 4 is 21.1 Å². The monoisotopic (exact) mass is 519 g/mol. The van der Waals surface area contributed by atoms with Crippen LogP contribution in [0.2, 0.25) is 0 Å². The molecule has 1 aliphatic carbocycles. The van der Waals surface area contributed by atoms with Gasteiger partial charge in [0.05, 0.1) is 24.3 Å². The van der Waals surface area contributed by atoms with E-state index in [4.69, 9.17) is 9.72 Å². The number of benzene rings is 1. The highest BCUT2D eigenvalue weighted by Crippen LogP contribution is 2.39. The zero-order chi connectivity index (χ0) is 25.6. The number of pyridine rings is 1. The Morgan fingerprint density at radius 3 is 2.51 bits per heavy atom. The summed E-state index contributed by atoms with van der Waals surface area (Å²) >= 11 is 0. The fourth-order valence-electron chi connectivity index (χ4n) is 6.02. The Hall–Kier alpha value is -3.01. The van der Waals surface area contributed by atoms with Gasteiger partial charge < -0.3 is 4.74 Å². The summed E-state index contributed by atoms with van der Waals surface area (Å²) in [5.41, 5.74) is 3.33. The Morgan fingerprint density at radius 1 is 1.03 bits per heavy atom. The van der Waals surface area contributed by atoms with E-state index in [9.17, 15) is 8.42 Å². The second kappa shape index (κ2) is 9.70. The molecule has 0 amide bonds. The van der Waals surface area contributed by atoms with Crippen LogP contribution in [0.4, 0.5) is 0 Å². The maximum atomic E-state index is 13.6. The lowest BCUT2D eigenvalue weighted by Gasteiger charge is -2.42. The van der Waals surface area contributed by atoms with E-state index >= 15 is 0 Å². The largest absolute Gasteiger partial charge is 0.379 e. The van der Waals surface area contributed by atoms with Crippen molar-refractivity contribution in [3.8, 4) is 11.1 Å². The summed E-state index contributed by atoms with van der Waals surface area (Å²) in [4.78, 5) is 7.61. The summed E-state index contributed by atoms with van der Waals surface area (Å²) in [5.74, 6) is 0.417. The SMILES string of the molecule is C[C@H]1COCCN1C1CCC(c2cnc3c(c2)c(-c2cnn(C)c2)cn3S(=O)(=O)c2ccccc2)CC1. The topological polar surface area (TPSA) is 82.2 Å². The van der Waals surface area contributed by atoms with E-state index < -0.39 is 10.0 Å². The van der Waals surface area contributed by atoms with Gasteiger partial charge in [0.1, 0.15) is 0 Å². The van der Waals surface area contributed by atoms with Crippen molar-refractivity contribution in [3.05, 3.63) is 66.7 Å². The molecule has 37 heavy (non-hydrogen) atoms. The molecule has 4 heterocycles. The minimum absolute atomic E-state index is 0.242. The number of aromatic nitrogens is 4. The van der Waals surface area contributed by atoms with Gasteiger partial charge >= 0.3 is 0 Å². The van der Waals surface area contributed by atoms with Gasteiger partial charge in [-0.05, 0) is 62.3 Å². The molecule has 0 radical (unpaired) electrons. The molecule has 0 bridgehead atoms. The normalized spacial score (nSPS) is 23.5. The maximum Gasteiger partial charge on any atom is 0.269 e. The molecule has 194 valence electrons. The Bertz CT molecular complexity index is 1500. The smallest absolute Gasteiger partial charge is 0.269 e. The van der Waals surface area contributed by atoms with Crippen LogP contribution in [0.5, 0.6) is 0 Å². The molecular formula is C28H33N5O3S. The summed E-state index contributed by atoms with van der Waals surface area (Å²) in [5, 5.41) is 5.17. The zero-order valence-corrected chi connectivity index (χ0v) is 22.1. The molecule has 0 N–H and O–H groups in total. The minimum atomic E-state index is -3.80. The van der Waals surface area contributed by atoms with Crippen LogP contribution in [0.15, 0.2) is 66.1 Å². The highest BCUT2D eigenvalue weighted by molar-refractivity contribution is 7.90. The van der Waals surface area contributed by atoms with Gasteiger partial charge in [-0.15, -0.1) is 0 Å².